The van der Waals surface area contributed by atoms with Gasteiger partial charge in [-0.2, -0.15) is 0 Å². The molecular weight excluding hydrogens is 228 g/mol. The molecule has 2 fully saturated rings. The van der Waals surface area contributed by atoms with E-state index in [0.29, 0.717) is 12.5 Å². The molecular formula is C14H26N2O2. The fourth-order valence-corrected chi connectivity index (χ4v) is 3.14. The minimum atomic E-state index is -0.274. The summed E-state index contributed by atoms with van der Waals surface area (Å²) in [4.78, 5) is 12.1. The first kappa shape index (κ1) is 13.8. The van der Waals surface area contributed by atoms with E-state index in [2.05, 4.69) is 12.2 Å². The van der Waals surface area contributed by atoms with Crippen LogP contribution in [0, 0.1) is 5.92 Å². The topological polar surface area (TPSA) is 64.4 Å². The normalized spacial score (nSPS) is 31.2. The maximum absolute atomic E-state index is 12.1. The van der Waals surface area contributed by atoms with Crippen LogP contribution in [0.3, 0.4) is 0 Å². The molecule has 1 aliphatic carbocycles. The first-order chi connectivity index (χ1) is 8.70. The van der Waals surface area contributed by atoms with Crippen molar-refractivity contribution in [2.24, 2.45) is 11.7 Å². The molecule has 1 saturated carbocycles. The van der Waals surface area contributed by atoms with E-state index in [1.54, 1.807) is 0 Å². The Morgan fingerprint density at radius 3 is 2.61 bits per heavy atom. The quantitative estimate of drug-likeness (QED) is 0.800. The van der Waals surface area contributed by atoms with Gasteiger partial charge in [0.15, 0.2) is 0 Å². The summed E-state index contributed by atoms with van der Waals surface area (Å²) in [5, 5.41) is 3.13. The summed E-state index contributed by atoms with van der Waals surface area (Å²) >= 11 is 0. The predicted molar refractivity (Wildman–Crippen MR) is 71.1 cm³/mol. The number of hydrogen-bond acceptors (Lipinski definition) is 3. The lowest BCUT2D eigenvalue weighted by Gasteiger charge is -2.29. The number of amides is 1. The second kappa shape index (κ2) is 6.53. The summed E-state index contributed by atoms with van der Waals surface area (Å²) in [5.41, 5.74) is 5.56. The molecule has 104 valence electrons. The summed E-state index contributed by atoms with van der Waals surface area (Å²) in [6, 6.07) is 0.276. The van der Waals surface area contributed by atoms with E-state index in [0.717, 1.165) is 12.8 Å². The molecule has 4 nitrogen and oxygen atoms in total. The lowest BCUT2D eigenvalue weighted by molar-refractivity contribution is -0.132. The van der Waals surface area contributed by atoms with Crippen LogP contribution in [0.15, 0.2) is 0 Å². The van der Waals surface area contributed by atoms with Gasteiger partial charge >= 0.3 is 0 Å². The zero-order valence-electron chi connectivity index (χ0n) is 11.4. The van der Waals surface area contributed by atoms with Crippen LogP contribution in [0.4, 0.5) is 0 Å². The summed E-state index contributed by atoms with van der Waals surface area (Å²) in [7, 11) is 0. The van der Waals surface area contributed by atoms with Gasteiger partial charge in [-0.1, -0.05) is 19.3 Å². The fraction of sp³-hybridized carbons (Fsp3) is 0.929. The van der Waals surface area contributed by atoms with Crippen LogP contribution >= 0.6 is 0 Å². The number of nitrogens with two attached hydrogens (primary N) is 1. The van der Waals surface area contributed by atoms with Crippen LogP contribution in [0.2, 0.25) is 0 Å². The molecule has 0 radical (unpaired) electrons. The average Bonchev–Trinajstić information content (AvgIpc) is 2.88. The molecule has 3 atom stereocenters. The second-order valence-electron chi connectivity index (χ2n) is 5.76. The standard InChI is InChI=1S/C14H26N2O2/c1-10(11-5-3-2-4-6-11)16-14(17)13-8-7-12(9-15)18-13/h10-13H,2-9,15H2,1H3,(H,16,17)/t10-,12?,13?/m1/s1. The molecule has 3 N–H and O–H groups in total. The summed E-state index contributed by atoms with van der Waals surface area (Å²) < 4.78 is 5.62. The van der Waals surface area contributed by atoms with Crippen molar-refractivity contribution in [2.75, 3.05) is 6.54 Å². The number of rotatable bonds is 4. The van der Waals surface area contributed by atoms with E-state index in [-0.39, 0.29) is 24.2 Å². The Labute approximate surface area is 110 Å². The van der Waals surface area contributed by atoms with E-state index >= 15 is 0 Å². The van der Waals surface area contributed by atoms with Crippen molar-refractivity contribution in [1.82, 2.24) is 5.32 Å². The molecule has 0 aromatic rings. The molecule has 0 aromatic heterocycles. The van der Waals surface area contributed by atoms with Gasteiger partial charge in [-0.25, -0.2) is 0 Å². The first-order valence-corrected chi connectivity index (χ1v) is 7.36. The fourth-order valence-electron chi connectivity index (χ4n) is 3.14. The van der Waals surface area contributed by atoms with Gasteiger partial charge in [0, 0.05) is 12.6 Å². The van der Waals surface area contributed by atoms with Crippen LogP contribution in [0.25, 0.3) is 0 Å². The monoisotopic (exact) mass is 254 g/mol. The van der Waals surface area contributed by atoms with Crippen molar-refractivity contribution in [3.63, 3.8) is 0 Å². The SMILES string of the molecule is C[C@@H](NC(=O)C1CCC(CN)O1)C1CCCCC1. The van der Waals surface area contributed by atoms with Crippen LogP contribution in [0.5, 0.6) is 0 Å². The van der Waals surface area contributed by atoms with E-state index < -0.39 is 0 Å². The van der Waals surface area contributed by atoms with Gasteiger partial charge in [-0.3, -0.25) is 4.79 Å². The van der Waals surface area contributed by atoms with Gasteiger partial charge in [0.25, 0.3) is 0 Å². The van der Waals surface area contributed by atoms with Crippen molar-refractivity contribution < 1.29 is 9.53 Å². The second-order valence-corrected chi connectivity index (χ2v) is 5.76. The Hall–Kier alpha value is -0.610. The van der Waals surface area contributed by atoms with Crippen molar-refractivity contribution in [2.45, 2.75) is 70.1 Å². The number of hydrogen-bond donors (Lipinski definition) is 2. The molecule has 0 aromatic carbocycles. The maximum atomic E-state index is 12.1. The summed E-state index contributed by atoms with van der Waals surface area (Å²) in [5.74, 6) is 0.707. The van der Waals surface area contributed by atoms with Crippen LogP contribution in [0.1, 0.15) is 51.9 Å². The van der Waals surface area contributed by atoms with Gasteiger partial charge in [0.05, 0.1) is 6.10 Å². The minimum Gasteiger partial charge on any atom is -0.364 e. The predicted octanol–water partition coefficient (Wildman–Crippen LogP) is 1.58. The molecule has 1 heterocycles. The van der Waals surface area contributed by atoms with Crippen LogP contribution in [-0.4, -0.2) is 30.7 Å². The Morgan fingerprint density at radius 2 is 2.00 bits per heavy atom. The van der Waals surface area contributed by atoms with Gasteiger partial charge in [0.2, 0.25) is 5.91 Å². The molecule has 2 aliphatic rings. The van der Waals surface area contributed by atoms with E-state index in [1.807, 2.05) is 0 Å². The average molecular weight is 254 g/mol. The third kappa shape index (κ3) is 3.45. The van der Waals surface area contributed by atoms with Crippen molar-refractivity contribution in [1.29, 1.82) is 0 Å². The highest BCUT2D eigenvalue weighted by Gasteiger charge is 2.31. The van der Waals surface area contributed by atoms with Crippen LogP contribution < -0.4 is 11.1 Å². The third-order valence-corrected chi connectivity index (χ3v) is 4.39. The molecule has 2 rings (SSSR count). The zero-order chi connectivity index (χ0) is 13.0. The summed E-state index contributed by atoms with van der Waals surface area (Å²) in [6.45, 7) is 2.64. The number of nitrogens with one attached hydrogen (secondary N) is 1. The molecule has 4 heteroatoms. The van der Waals surface area contributed by atoms with Gasteiger partial charge < -0.3 is 15.8 Å². The minimum absolute atomic E-state index is 0.0593. The molecule has 1 saturated heterocycles. The molecule has 0 spiro atoms. The highest BCUT2D eigenvalue weighted by molar-refractivity contribution is 5.81. The highest BCUT2D eigenvalue weighted by Crippen LogP contribution is 2.27. The lowest BCUT2D eigenvalue weighted by atomic mass is 9.84. The first-order valence-electron chi connectivity index (χ1n) is 7.36. The summed E-state index contributed by atoms with van der Waals surface area (Å²) in [6.07, 6.45) is 7.98. The Bertz CT molecular complexity index is 277. The highest BCUT2D eigenvalue weighted by atomic mass is 16.5. The van der Waals surface area contributed by atoms with Gasteiger partial charge in [0.1, 0.15) is 6.10 Å². The van der Waals surface area contributed by atoms with Gasteiger partial charge in [-0.05, 0) is 38.5 Å². The Kier molecular flexibility index (Phi) is 5.01. The Morgan fingerprint density at radius 1 is 1.28 bits per heavy atom. The Balaban J connectivity index is 1.76. The van der Waals surface area contributed by atoms with Crippen molar-refractivity contribution >= 4 is 5.91 Å². The molecule has 1 aliphatic heterocycles. The van der Waals surface area contributed by atoms with Crippen molar-refractivity contribution in [3.05, 3.63) is 0 Å². The number of ether oxygens (including phenoxy) is 1. The van der Waals surface area contributed by atoms with E-state index in [4.69, 9.17) is 10.5 Å². The largest absolute Gasteiger partial charge is 0.364 e. The van der Waals surface area contributed by atoms with Gasteiger partial charge in [-0.15, -0.1) is 0 Å². The maximum Gasteiger partial charge on any atom is 0.249 e. The molecule has 18 heavy (non-hydrogen) atoms. The van der Waals surface area contributed by atoms with Crippen molar-refractivity contribution in [3.8, 4) is 0 Å². The number of carbonyl (C=O) groups excluding carboxylic acids is 1. The van der Waals surface area contributed by atoms with Crippen LogP contribution in [-0.2, 0) is 9.53 Å². The van der Waals surface area contributed by atoms with E-state index in [1.165, 1.54) is 32.1 Å². The lowest BCUT2D eigenvalue weighted by Crippen LogP contribution is -2.44. The molecule has 0 bridgehead atoms. The third-order valence-electron chi connectivity index (χ3n) is 4.39. The molecule has 1 amide bonds. The number of carbonyl (C=O) groups is 1. The van der Waals surface area contributed by atoms with E-state index in [9.17, 15) is 4.79 Å². The zero-order valence-corrected chi connectivity index (χ0v) is 11.4. The molecule has 2 unspecified atom stereocenters. The smallest absolute Gasteiger partial charge is 0.249 e.